The Bertz CT molecular complexity index is 896. The first-order valence-electron chi connectivity index (χ1n) is 8.41. The molecule has 7 nitrogen and oxygen atoms in total. The van der Waals surface area contributed by atoms with E-state index in [1.165, 1.54) is 32.0 Å². The molecule has 2 rings (SSSR count). The standard InChI is InChI=1S/C20H19FN2O5/c1-12(24)15-4-3-5-17(10-15)23-19(26)13(2)28-18(25)11-22-20(27)14-6-8-16(21)9-7-14/h3-10,13H,11H2,1-2H3,(H,22,27)(H,23,26)/t13-/m0/s1. The normalized spacial score (nSPS) is 11.2. The molecule has 2 aromatic rings. The number of hydrogen-bond donors (Lipinski definition) is 2. The van der Waals surface area contributed by atoms with Gasteiger partial charge in [-0.05, 0) is 50.2 Å². The Morgan fingerprint density at radius 1 is 1.04 bits per heavy atom. The summed E-state index contributed by atoms with van der Waals surface area (Å²) in [5.74, 6) is -2.60. The highest BCUT2D eigenvalue weighted by molar-refractivity contribution is 5.99. The van der Waals surface area contributed by atoms with Gasteiger partial charge in [0, 0.05) is 16.8 Å². The van der Waals surface area contributed by atoms with Crippen molar-refractivity contribution in [3.05, 3.63) is 65.5 Å². The SMILES string of the molecule is CC(=O)c1cccc(NC(=O)[C@H](C)OC(=O)CNC(=O)c2ccc(F)cc2)c1. The van der Waals surface area contributed by atoms with E-state index in [1.807, 2.05) is 0 Å². The van der Waals surface area contributed by atoms with Crippen LogP contribution in [-0.2, 0) is 14.3 Å². The Kier molecular flexibility index (Phi) is 6.97. The predicted octanol–water partition coefficient (Wildman–Crippen LogP) is 2.33. The van der Waals surface area contributed by atoms with Crippen LogP contribution in [0.15, 0.2) is 48.5 Å². The number of ether oxygens (including phenoxy) is 1. The van der Waals surface area contributed by atoms with E-state index < -0.39 is 36.2 Å². The van der Waals surface area contributed by atoms with Gasteiger partial charge in [-0.25, -0.2) is 4.39 Å². The average molecular weight is 386 g/mol. The molecule has 28 heavy (non-hydrogen) atoms. The summed E-state index contributed by atoms with van der Waals surface area (Å²) in [6.07, 6.45) is -1.11. The molecule has 0 heterocycles. The smallest absolute Gasteiger partial charge is 0.326 e. The molecule has 0 radical (unpaired) electrons. The molecule has 0 unspecified atom stereocenters. The third kappa shape index (κ3) is 6.01. The van der Waals surface area contributed by atoms with Gasteiger partial charge in [0.1, 0.15) is 12.4 Å². The molecule has 0 spiro atoms. The van der Waals surface area contributed by atoms with Crippen LogP contribution < -0.4 is 10.6 Å². The van der Waals surface area contributed by atoms with E-state index in [1.54, 1.807) is 18.2 Å². The minimum atomic E-state index is -1.11. The maximum Gasteiger partial charge on any atom is 0.326 e. The van der Waals surface area contributed by atoms with Crippen molar-refractivity contribution in [2.24, 2.45) is 0 Å². The number of carbonyl (C=O) groups is 4. The first kappa shape index (κ1) is 20.8. The summed E-state index contributed by atoms with van der Waals surface area (Å²) in [6.45, 7) is 2.34. The Labute approximate surface area is 160 Å². The molecule has 0 aliphatic carbocycles. The lowest BCUT2D eigenvalue weighted by atomic mass is 10.1. The second kappa shape index (κ2) is 9.40. The van der Waals surface area contributed by atoms with Gasteiger partial charge in [-0.3, -0.25) is 19.2 Å². The number of carbonyl (C=O) groups excluding carboxylic acids is 4. The van der Waals surface area contributed by atoms with E-state index in [-0.39, 0.29) is 11.3 Å². The Morgan fingerprint density at radius 2 is 1.71 bits per heavy atom. The molecular formula is C20H19FN2O5. The Hall–Kier alpha value is -3.55. The molecule has 2 N–H and O–H groups in total. The van der Waals surface area contributed by atoms with Gasteiger partial charge >= 0.3 is 5.97 Å². The van der Waals surface area contributed by atoms with Gasteiger partial charge in [-0.1, -0.05) is 12.1 Å². The molecule has 146 valence electrons. The van der Waals surface area contributed by atoms with Crippen LogP contribution in [-0.4, -0.2) is 36.2 Å². The number of anilines is 1. The molecule has 8 heteroatoms. The van der Waals surface area contributed by atoms with E-state index in [9.17, 15) is 23.6 Å². The van der Waals surface area contributed by atoms with Crippen LogP contribution in [0, 0.1) is 5.82 Å². The molecule has 0 aliphatic rings. The summed E-state index contributed by atoms with van der Waals surface area (Å²) in [5.41, 5.74) is 1.02. The maximum absolute atomic E-state index is 12.8. The van der Waals surface area contributed by atoms with Crippen LogP contribution in [0.1, 0.15) is 34.6 Å². The Balaban J connectivity index is 1.83. The van der Waals surface area contributed by atoms with E-state index in [4.69, 9.17) is 4.74 Å². The number of ketones is 1. The van der Waals surface area contributed by atoms with Crippen LogP contribution in [0.25, 0.3) is 0 Å². The molecule has 0 aliphatic heterocycles. The average Bonchev–Trinajstić information content (AvgIpc) is 2.66. The lowest BCUT2D eigenvalue weighted by Gasteiger charge is -2.14. The van der Waals surface area contributed by atoms with E-state index in [0.717, 1.165) is 12.1 Å². The highest BCUT2D eigenvalue weighted by atomic mass is 19.1. The van der Waals surface area contributed by atoms with Crippen molar-refractivity contribution in [2.45, 2.75) is 20.0 Å². The summed E-state index contributed by atoms with van der Waals surface area (Å²) in [6, 6.07) is 11.2. The molecule has 0 saturated heterocycles. The number of rotatable bonds is 7. The molecule has 0 saturated carbocycles. The quantitative estimate of drug-likeness (QED) is 0.562. The highest BCUT2D eigenvalue weighted by Gasteiger charge is 2.19. The van der Waals surface area contributed by atoms with Crippen molar-refractivity contribution in [3.8, 4) is 0 Å². The number of amides is 2. The van der Waals surface area contributed by atoms with Crippen molar-refractivity contribution in [2.75, 3.05) is 11.9 Å². The van der Waals surface area contributed by atoms with E-state index in [0.29, 0.717) is 11.3 Å². The van der Waals surface area contributed by atoms with Crippen LogP contribution in [0.3, 0.4) is 0 Å². The second-order valence-corrected chi connectivity index (χ2v) is 5.95. The molecule has 0 fully saturated rings. The summed E-state index contributed by atoms with van der Waals surface area (Å²) in [4.78, 5) is 47.2. The topological polar surface area (TPSA) is 102 Å². The van der Waals surface area contributed by atoms with Gasteiger partial charge < -0.3 is 15.4 Å². The number of benzene rings is 2. The zero-order valence-corrected chi connectivity index (χ0v) is 15.3. The molecule has 2 aromatic carbocycles. The Morgan fingerprint density at radius 3 is 2.36 bits per heavy atom. The van der Waals surface area contributed by atoms with E-state index >= 15 is 0 Å². The van der Waals surface area contributed by atoms with Crippen molar-refractivity contribution < 1.29 is 28.3 Å². The first-order chi connectivity index (χ1) is 13.3. The summed E-state index contributed by atoms with van der Waals surface area (Å²) < 4.78 is 17.8. The fourth-order valence-electron chi connectivity index (χ4n) is 2.21. The van der Waals surface area contributed by atoms with Crippen LogP contribution in [0.5, 0.6) is 0 Å². The molecule has 0 aromatic heterocycles. The maximum atomic E-state index is 12.8. The zero-order chi connectivity index (χ0) is 20.7. The van der Waals surface area contributed by atoms with Crippen molar-refractivity contribution >= 4 is 29.3 Å². The van der Waals surface area contributed by atoms with Crippen LogP contribution >= 0.6 is 0 Å². The predicted molar refractivity (Wildman–Crippen MR) is 99.4 cm³/mol. The van der Waals surface area contributed by atoms with Gasteiger partial charge in [0.05, 0.1) is 0 Å². The number of nitrogens with one attached hydrogen (secondary N) is 2. The molecule has 0 bridgehead atoms. The van der Waals surface area contributed by atoms with Crippen molar-refractivity contribution in [1.29, 1.82) is 0 Å². The van der Waals surface area contributed by atoms with Crippen LogP contribution in [0.4, 0.5) is 10.1 Å². The van der Waals surface area contributed by atoms with Gasteiger partial charge in [0.2, 0.25) is 0 Å². The lowest BCUT2D eigenvalue weighted by molar-refractivity contribution is -0.152. The fourth-order valence-corrected chi connectivity index (χ4v) is 2.21. The summed E-state index contributed by atoms with van der Waals surface area (Å²) in [7, 11) is 0. The number of esters is 1. The monoisotopic (exact) mass is 386 g/mol. The third-order valence-corrected chi connectivity index (χ3v) is 3.71. The minimum Gasteiger partial charge on any atom is -0.451 e. The first-order valence-corrected chi connectivity index (χ1v) is 8.41. The van der Waals surface area contributed by atoms with Gasteiger partial charge in [-0.15, -0.1) is 0 Å². The molecule has 2 amide bonds. The van der Waals surface area contributed by atoms with Crippen molar-refractivity contribution in [3.63, 3.8) is 0 Å². The zero-order valence-electron chi connectivity index (χ0n) is 15.3. The van der Waals surface area contributed by atoms with Gasteiger partial charge in [0.15, 0.2) is 11.9 Å². The van der Waals surface area contributed by atoms with Gasteiger partial charge in [-0.2, -0.15) is 0 Å². The van der Waals surface area contributed by atoms with E-state index in [2.05, 4.69) is 10.6 Å². The molecular weight excluding hydrogens is 367 g/mol. The highest BCUT2D eigenvalue weighted by Crippen LogP contribution is 2.12. The summed E-state index contributed by atoms with van der Waals surface area (Å²) in [5, 5.41) is 4.87. The van der Waals surface area contributed by atoms with Crippen LogP contribution in [0.2, 0.25) is 0 Å². The van der Waals surface area contributed by atoms with Gasteiger partial charge in [0.25, 0.3) is 11.8 Å². The van der Waals surface area contributed by atoms with Crippen molar-refractivity contribution in [1.82, 2.24) is 5.32 Å². The number of halogens is 1. The minimum absolute atomic E-state index is 0.146. The second-order valence-electron chi connectivity index (χ2n) is 5.95. The fraction of sp³-hybridized carbons (Fsp3) is 0.200. The lowest BCUT2D eigenvalue weighted by Crippen LogP contribution is -2.35. The largest absolute Gasteiger partial charge is 0.451 e. The molecule has 1 atom stereocenters. The number of Topliss-reactive ketones (excluding diaryl/α,β-unsaturated/α-hetero) is 1. The summed E-state index contributed by atoms with van der Waals surface area (Å²) >= 11 is 0. The third-order valence-electron chi connectivity index (χ3n) is 3.71. The number of hydrogen-bond acceptors (Lipinski definition) is 5.